The van der Waals surface area contributed by atoms with E-state index >= 15 is 0 Å². The summed E-state index contributed by atoms with van der Waals surface area (Å²) in [7, 11) is 0. The highest BCUT2D eigenvalue weighted by molar-refractivity contribution is 6.31. The second-order valence-electron chi connectivity index (χ2n) is 9.87. The number of carbonyl (C=O) groups is 2. The van der Waals surface area contributed by atoms with Gasteiger partial charge in [0.15, 0.2) is 5.78 Å². The van der Waals surface area contributed by atoms with Crippen molar-refractivity contribution in [1.82, 2.24) is 0 Å². The van der Waals surface area contributed by atoms with Gasteiger partial charge in [-0.1, -0.05) is 57.5 Å². The van der Waals surface area contributed by atoms with E-state index in [1.165, 1.54) is 0 Å². The van der Waals surface area contributed by atoms with Gasteiger partial charge in [-0.15, -0.1) is 0 Å². The lowest BCUT2D eigenvalue weighted by atomic mass is 9.60. The first kappa shape index (κ1) is 18.6. The minimum atomic E-state index is -0.359. The molecule has 2 atom stereocenters. The molecule has 0 bridgehead atoms. The quantitative estimate of drug-likeness (QED) is 0.640. The van der Waals surface area contributed by atoms with Crippen LogP contribution in [-0.4, -0.2) is 17.3 Å². The number of halogens is 1. The molecular formula is C23H26ClNO2. The largest absolute Gasteiger partial charge is 0.299 e. The van der Waals surface area contributed by atoms with Crippen LogP contribution in [0.4, 0.5) is 0 Å². The molecule has 1 heterocycles. The van der Waals surface area contributed by atoms with E-state index in [9.17, 15) is 9.59 Å². The van der Waals surface area contributed by atoms with Crippen molar-refractivity contribution in [3.8, 4) is 0 Å². The van der Waals surface area contributed by atoms with Gasteiger partial charge in [-0.3, -0.25) is 14.6 Å². The highest BCUT2D eigenvalue weighted by Gasteiger charge is 2.50. The summed E-state index contributed by atoms with van der Waals surface area (Å²) in [6.45, 7) is 8.46. The normalized spacial score (nSPS) is 29.1. The predicted octanol–water partition coefficient (Wildman–Crippen LogP) is 5.53. The molecule has 1 aliphatic heterocycles. The second-order valence-corrected chi connectivity index (χ2v) is 10.3. The van der Waals surface area contributed by atoms with Gasteiger partial charge in [0.25, 0.3) is 0 Å². The van der Waals surface area contributed by atoms with Crippen molar-refractivity contribution in [3.05, 3.63) is 46.1 Å². The maximum Gasteiger partial charge on any atom is 0.161 e. The molecule has 1 unspecified atom stereocenters. The Kier molecular flexibility index (Phi) is 4.23. The molecule has 142 valence electrons. The van der Waals surface area contributed by atoms with Crippen molar-refractivity contribution in [2.45, 2.75) is 59.3 Å². The number of allylic oxidation sites excluding steroid dienone is 2. The number of fused-ring (bicyclic) bond motifs is 1. The summed E-state index contributed by atoms with van der Waals surface area (Å²) in [5.41, 5.74) is 3.22. The van der Waals surface area contributed by atoms with Crippen molar-refractivity contribution in [1.29, 1.82) is 0 Å². The summed E-state index contributed by atoms with van der Waals surface area (Å²) < 4.78 is 0. The maximum absolute atomic E-state index is 13.2. The zero-order chi connectivity index (χ0) is 19.6. The molecule has 1 saturated carbocycles. The SMILES string of the molecule is CC1(C)CC(=O)C2C(=NC3=C(C(=O)CC(C)(C)C3)[C@H]2c2ccccc2Cl)C1. The number of hydrogen-bond acceptors (Lipinski definition) is 3. The van der Waals surface area contributed by atoms with Gasteiger partial charge in [-0.05, 0) is 35.3 Å². The van der Waals surface area contributed by atoms with Crippen LogP contribution >= 0.6 is 11.6 Å². The number of ketones is 2. The third kappa shape index (κ3) is 3.20. The molecule has 0 saturated heterocycles. The molecule has 3 aliphatic rings. The van der Waals surface area contributed by atoms with Crippen molar-refractivity contribution in [2.75, 3.05) is 0 Å². The standard InChI is InChI=1S/C23H26ClNO2/c1-22(2)9-15-20(17(26)11-22)19(13-7-5-6-8-14(13)24)21-16(25-15)10-23(3,4)12-18(21)27/h5-8,19-20H,9-12H2,1-4H3/t19-,20?/m0/s1. The molecule has 0 spiro atoms. The molecule has 4 heteroatoms. The van der Waals surface area contributed by atoms with Crippen LogP contribution in [0.15, 0.2) is 40.5 Å². The Bertz CT molecular complexity index is 907. The molecule has 4 rings (SSSR count). The minimum absolute atomic E-state index is 0.0935. The molecule has 1 aromatic rings. The molecule has 27 heavy (non-hydrogen) atoms. The van der Waals surface area contributed by atoms with Crippen LogP contribution in [0.2, 0.25) is 5.02 Å². The Labute approximate surface area is 165 Å². The summed E-state index contributed by atoms with van der Waals surface area (Å²) in [5, 5.41) is 0.617. The van der Waals surface area contributed by atoms with Crippen LogP contribution < -0.4 is 0 Å². The van der Waals surface area contributed by atoms with Crippen LogP contribution in [-0.2, 0) is 9.59 Å². The topological polar surface area (TPSA) is 46.5 Å². The van der Waals surface area contributed by atoms with Gasteiger partial charge >= 0.3 is 0 Å². The van der Waals surface area contributed by atoms with Gasteiger partial charge in [0.1, 0.15) is 5.78 Å². The maximum atomic E-state index is 13.2. The average Bonchev–Trinajstić information content (AvgIpc) is 2.51. The summed E-state index contributed by atoms with van der Waals surface area (Å²) in [6, 6.07) is 7.62. The molecule has 1 fully saturated rings. The van der Waals surface area contributed by atoms with Gasteiger partial charge in [-0.2, -0.15) is 0 Å². The summed E-state index contributed by atoms with van der Waals surface area (Å²) in [4.78, 5) is 31.3. The first-order valence-electron chi connectivity index (χ1n) is 9.69. The zero-order valence-electron chi connectivity index (χ0n) is 16.4. The number of hydrogen-bond donors (Lipinski definition) is 0. The lowest BCUT2D eigenvalue weighted by molar-refractivity contribution is -0.124. The van der Waals surface area contributed by atoms with E-state index in [1.807, 2.05) is 24.3 Å². The molecule has 0 N–H and O–H groups in total. The minimum Gasteiger partial charge on any atom is -0.299 e. The van der Waals surface area contributed by atoms with Gasteiger partial charge in [0.05, 0.1) is 5.92 Å². The van der Waals surface area contributed by atoms with E-state index in [1.54, 1.807) is 0 Å². The monoisotopic (exact) mass is 383 g/mol. The van der Waals surface area contributed by atoms with Crippen LogP contribution in [0, 0.1) is 16.7 Å². The Morgan fingerprint density at radius 2 is 1.59 bits per heavy atom. The molecule has 0 aromatic heterocycles. The van der Waals surface area contributed by atoms with E-state index in [-0.39, 0.29) is 34.2 Å². The number of carbonyl (C=O) groups excluding carboxylic acids is 2. The third-order valence-electron chi connectivity index (χ3n) is 6.08. The van der Waals surface area contributed by atoms with Crippen molar-refractivity contribution in [2.24, 2.45) is 21.7 Å². The molecular weight excluding hydrogens is 358 g/mol. The van der Waals surface area contributed by atoms with E-state index in [2.05, 4.69) is 27.7 Å². The number of aliphatic imine (C=N–C) groups is 1. The van der Waals surface area contributed by atoms with Crippen LogP contribution in [0.1, 0.15) is 64.9 Å². The second kappa shape index (κ2) is 6.13. The highest BCUT2D eigenvalue weighted by Crippen LogP contribution is 2.52. The smallest absolute Gasteiger partial charge is 0.161 e. The van der Waals surface area contributed by atoms with Crippen molar-refractivity contribution in [3.63, 3.8) is 0 Å². The van der Waals surface area contributed by atoms with E-state index in [0.717, 1.165) is 35.4 Å². The molecule has 0 radical (unpaired) electrons. The average molecular weight is 384 g/mol. The number of nitrogens with zero attached hydrogens (tertiary/aromatic N) is 1. The lowest BCUT2D eigenvalue weighted by Gasteiger charge is -2.44. The first-order chi connectivity index (χ1) is 12.6. The van der Waals surface area contributed by atoms with Crippen LogP contribution in [0.5, 0.6) is 0 Å². The number of benzene rings is 1. The fourth-order valence-corrected chi connectivity index (χ4v) is 5.33. The van der Waals surface area contributed by atoms with Gasteiger partial charge < -0.3 is 0 Å². The van der Waals surface area contributed by atoms with Crippen LogP contribution in [0.25, 0.3) is 0 Å². The zero-order valence-corrected chi connectivity index (χ0v) is 17.2. The summed E-state index contributed by atoms with van der Waals surface area (Å²) in [5.74, 6) is -0.360. The van der Waals surface area contributed by atoms with E-state index < -0.39 is 0 Å². The highest BCUT2D eigenvalue weighted by atomic mass is 35.5. The summed E-state index contributed by atoms with van der Waals surface area (Å²) >= 11 is 6.54. The van der Waals surface area contributed by atoms with E-state index in [0.29, 0.717) is 17.9 Å². The van der Waals surface area contributed by atoms with Gasteiger partial charge in [0, 0.05) is 40.8 Å². The Morgan fingerprint density at radius 3 is 2.30 bits per heavy atom. The Morgan fingerprint density at radius 1 is 0.926 bits per heavy atom. The number of rotatable bonds is 1. The predicted molar refractivity (Wildman–Crippen MR) is 108 cm³/mol. The molecule has 1 aromatic carbocycles. The molecule has 2 aliphatic carbocycles. The molecule has 3 nitrogen and oxygen atoms in total. The fraction of sp³-hybridized carbons (Fsp3) is 0.522. The van der Waals surface area contributed by atoms with Crippen molar-refractivity contribution >= 4 is 28.9 Å². The molecule has 0 amide bonds. The summed E-state index contributed by atoms with van der Waals surface area (Å²) in [6.07, 6.45) is 2.56. The van der Waals surface area contributed by atoms with Gasteiger partial charge in [0.2, 0.25) is 0 Å². The Hall–Kier alpha value is -1.74. The van der Waals surface area contributed by atoms with E-state index in [4.69, 9.17) is 16.6 Å². The third-order valence-corrected chi connectivity index (χ3v) is 6.42. The van der Waals surface area contributed by atoms with Crippen molar-refractivity contribution < 1.29 is 9.59 Å². The Balaban J connectivity index is 1.94. The first-order valence-corrected chi connectivity index (χ1v) is 10.1. The lowest BCUT2D eigenvalue weighted by Crippen LogP contribution is -2.45. The van der Waals surface area contributed by atoms with Gasteiger partial charge in [-0.25, -0.2) is 0 Å². The van der Waals surface area contributed by atoms with Crippen LogP contribution in [0.3, 0.4) is 0 Å². The fourth-order valence-electron chi connectivity index (χ4n) is 5.07. The number of Topliss-reactive ketones (excluding diaryl/α,β-unsaturated/α-hetero) is 2.